The summed E-state index contributed by atoms with van der Waals surface area (Å²) in [5.41, 5.74) is 1.80. The van der Waals surface area contributed by atoms with Gasteiger partial charge in [-0.2, -0.15) is 5.10 Å². The molecule has 3 aromatic heterocycles. The zero-order valence-corrected chi connectivity index (χ0v) is 13.9. The quantitative estimate of drug-likeness (QED) is 0.779. The van der Waals surface area contributed by atoms with Crippen LogP contribution in [0.3, 0.4) is 0 Å². The van der Waals surface area contributed by atoms with E-state index in [1.165, 1.54) is 0 Å². The van der Waals surface area contributed by atoms with Crippen LogP contribution in [-0.2, 0) is 13.5 Å². The summed E-state index contributed by atoms with van der Waals surface area (Å²) in [6, 6.07) is 0.171. The van der Waals surface area contributed by atoms with Gasteiger partial charge in [-0.15, -0.1) is 0 Å². The van der Waals surface area contributed by atoms with E-state index in [0.717, 1.165) is 34.8 Å². The molecule has 0 saturated heterocycles. The Bertz CT molecular complexity index is 795. The number of rotatable bonds is 5. The van der Waals surface area contributed by atoms with Crippen LogP contribution in [0.1, 0.15) is 38.2 Å². The predicted octanol–water partition coefficient (Wildman–Crippen LogP) is 2.32. The van der Waals surface area contributed by atoms with Gasteiger partial charge in [-0.25, -0.2) is 9.97 Å². The number of nitrogens with zero attached hydrogens (tertiary/aromatic N) is 6. The molecule has 0 amide bonds. The fourth-order valence-corrected chi connectivity index (χ4v) is 2.44. The van der Waals surface area contributed by atoms with Crippen molar-refractivity contribution in [1.29, 1.82) is 0 Å². The van der Waals surface area contributed by atoms with E-state index in [2.05, 4.69) is 51.1 Å². The predicted molar refractivity (Wildman–Crippen MR) is 89.2 cm³/mol. The van der Waals surface area contributed by atoms with E-state index in [-0.39, 0.29) is 12.0 Å². The largest absolute Gasteiger partial charge is 0.367 e. The first-order chi connectivity index (χ1) is 11.0. The van der Waals surface area contributed by atoms with Crippen LogP contribution in [0.2, 0.25) is 0 Å². The van der Waals surface area contributed by atoms with Crippen LogP contribution in [0, 0.1) is 0 Å². The summed E-state index contributed by atoms with van der Waals surface area (Å²) in [6.07, 6.45) is 7.76. The second-order valence-electron chi connectivity index (χ2n) is 6.04. The van der Waals surface area contributed by atoms with Crippen molar-refractivity contribution in [3.05, 3.63) is 36.3 Å². The van der Waals surface area contributed by atoms with Gasteiger partial charge in [0.25, 0.3) is 0 Å². The molecule has 0 radical (unpaired) electrons. The Hall–Kier alpha value is -2.57. The van der Waals surface area contributed by atoms with Crippen LogP contribution in [0.25, 0.3) is 11.0 Å². The van der Waals surface area contributed by atoms with Crippen molar-refractivity contribution in [2.24, 2.45) is 7.05 Å². The summed E-state index contributed by atoms with van der Waals surface area (Å²) in [4.78, 5) is 17.7. The maximum absolute atomic E-state index is 4.68. The van der Waals surface area contributed by atoms with Crippen LogP contribution in [0.4, 0.5) is 5.82 Å². The van der Waals surface area contributed by atoms with E-state index in [9.17, 15) is 0 Å². The zero-order chi connectivity index (χ0) is 16.4. The second kappa shape index (κ2) is 6.28. The van der Waals surface area contributed by atoms with Gasteiger partial charge in [0.2, 0.25) is 0 Å². The van der Waals surface area contributed by atoms with Gasteiger partial charge in [0, 0.05) is 44.0 Å². The minimum absolute atomic E-state index is 0.171. The third-order valence-corrected chi connectivity index (χ3v) is 3.64. The smallest absolute Gasteiger partial charge is 0.163 e. The number of nitrogens with one attached hydrogen (secondary N) is 1. The number of fused-ring (bicyclic) bond motifs is 1. The lowest BCUT2D eigenvalue weighted by atomic mass is 10.1. The van der Waals surface area contributed by atoms with Gasteiger partial charge in [0.05, 0.1) is 17.3 Å². The molecule has 0 fully saturated rings. The molecule has 0 unspecified atom stereocenters. The zero-order valence-electron chi connectivity index (χ0n) is 13.9. The molecule has 0 saturated carbocycles. The van der Waals surface area contributed by atoms with Gasteiger partial charge in [-0.1, -0.05) is 13.8 Å². The molecule has 7 heteroatoms. The molecule has 0 spiro atoms. The standard InChI is InChI=1S/C16H21N7/c1-10(2)14-21-15(13-9-19-23(4)16(13)22-14)20-11(3)7-12-8-17-5-6-18-12/h5-6,8-11H,7H2,1-4H3,(H,20,21,22)/t11-/m0/s1. The van der Waals surface area contributed by atoms with Crippen LogP contribution >= 0.6 is 0 Å². The van der Waals surface area contributed by atoms with Crippen molar-refractivity contribution >= 4 is 16.9 Å². The first-order valence-electron chi connectivity index (χ1n) is 7.75. The fourth-order valence-electron chi connectivity index (χ4n) is 2.44. The summed E-state index contributed by atoms with van der Waals surface area (Å²) in [6.45, 7) is 6.28. The van der Waals surface area contributed by atoms with E-state index in [1.807, 2.05) is 7.05 Å². The van der Waals surface area contributed by atoms with E-state index in [1.54, 1.807) is 29.5 Å². The van der Waals surface area contributed by atoms with Crippen LogP contribution in [0.15, 0.2) is 24.8 Å². The van der Waals surface area contributed by atoms with Crippen LogP contribution in [-0.4, -0.2) is 35.8 Å². The summed E-state index contributed by atoms with van der Waals surface area (Å²) in [5, 5.41) is 8.70. The number of aromatic nitrogens is 6. The average molecular weight is 311 g/mol. The van der Waals surface area contributed by atoms with Crippen molar-refractivity contribution < 1.29 is 0 Å². The molecule has 3 rings (SSSR count). The van der Waals surface area contributed by atoms with Gasteiger partial charge in [-0.3, -0.25) is 14.6 Å². The molecule has 7 nitrogen and oxygen atoms in total. The molecule has 0 aliphatic rings. The monoisotopic (exact) mass is 311 g/mol. The normalized spacial score (nSPS) is 12.7. The van der Waals surface area contributed by atoms with Crippen molar-refractivity contribution in [1.82, 2.24) is 29.7 Å². The number of hydrogen-bond acceptors (Lipinski definition) is 6. The molecule has 23 heavy (non-hydrogen) atoms. The first kappa shape index (κ1) is 15.3. The Morgan fingerprint density at radius 3 is 2.65 bits per heavy atom. The van der Waals surface area contributed by atoms with E-state index in [0.29, 0.717) is 0 Å². The Balaban J connectivity index is 1.89. The molecule has 0 aliphatic heterocycles. The topological polar surface area (TPSA) is 81.4 Å². The Labute approximate surface area is 135 Å². The lowest BCUT2D eigenvalue weighted by molar-refractivity contribution is 0.738. The highest BCUT2D eigenvalue weighted by Crippen LogP contribution is 2.23. The maximum atomic E-state index is 4.68. The molecule has 1 atom stereocenters. The Morgan fingerprint density at radius 1 is 1.13 bits per heavy atom. The van der Waals surface area contributed by atoms with Crippen LogP contribution < -0.4 is 5.32 Å². The van der Waals surface area contributed by atoms with Crippen molar-refractivity contribution in [3.8, 4) is 0 Å². The van der Waals surface area contributed by atoms with Crippen molar-refractivity contribution in [3.63, 3.8) is 0 Å². The molecule has 1 N–H and O–H groups in total. The number of anilines is 1. The minimum atomic E-state index is 0.171. The van der Waals surface area contributed by atoms with Crippen LogP contribution in [0.5, 0.6) is 0 Å². The van der Waals surface area contributed by atoms with E-state index >= 15 is 0 Å². The molecular weight excluding hydrogens is 290 g/mol. The van der Waals surface area contributed by atoms with Gasteiger partial charge < -0.3 is 5.32 Å². The molecular formula is C16H21N7. The lowest BCUT2D eigenvalue weighted by Crippen LogP contribution is -2.20. The number of hydrogen-bond donors (Lipinski definition) is 1. The molecule has 3 aromatic rings. The van der Waals surface area contributed by atoms with Gasteiger partial charge in [-0.05, 0) is 6.92 Å². The lowest BCUT2D eigenvalue weighted by Gasteiger charge is -2.16. The van der Waals surface area contributed by atoms with Gasteiger partial charge in [0.1, 0.15) is 11.6 Å². The van der Waals surface area contributed by atoms with E-state index < -0.39 is 0 Å². The summed E-state index contributed by atoms with van der Waals surface area (Å²) >= 11 is 0. The van der Waals surface area contributed by atoms with Crippen molar-refractivity contribution in [2.75, 3.05) is 5.32 Å². The Kier molecular flexibility index (Phi) is 4.18. The molecule has 0 aromatic carbocycles. The third kappa shape index (κ3) is 3.28. The Morgan fingerprint density at radius 2 is 1.96 bits per heavy atom. The highest BCUT2D eigenvalue weighted by Gasteiger charge is 2.15. The van der Waals surface area contributed by atoms with E-state index in [4.69, 9.17) is 0 Å². The van der Waals surface area contributed by atoms with Gasteiger partial charge in [0.15, 0.2) is 5.65 Å². The highest BCUT2D eigenvalue weighted by atomic mass is 15.3. The minimum Gasteiger partial charge on any atom is -0.367 e. The summed E-state index contributed by atoms with van der Waals surface area (Å²) in [7, 11) is 1.90. The number of aryl methyl sites for hydroxylation is 1. The molecule has 0 aliphatic carbocycles. The first-order valence-corrected chi connectivity index (χ1v) is 7.75. The summed E-state index contributed by atoms with van der Waals surface area (Å²) in [5.74, 6) is 1.89. The maximum Gasteiger partial charge on any atom is 0.163 e. The SMILES string of the molecule is CC(C)c1nc(N[C@@H](C)Cc2cnccn2)c2cnn(C)c2n1. The van der Waals surface area contributed by atoms with Crippen molar-refractivity contribution in [2.45, 2.75) is 39.2 Å². The second-order valence-corrected chi connectivity index (χ2v) is 6.04. The molecule has 120 valence electrons. The third-order valence-electron chi connectivity index (χ3n) is 3.64. The molecule has 3 heterocycles. The average Bonchev–Trinajstić information content (AvgIpc) is 2.90. The fraction of sp³-hybridized carbons (Fsp3) is 0.438. The highest BCUT2D eigenvalue weighted by molar-refractivity contribution is 5.86. The van der Waals surface area contributed by atoms with Gasteiger partial charge >= 0.3 is 0 Å². The molecule has 0 bridgehead atoms. The summed E-state index contributed by atoms with van der Waals surface area (Å²) < 4.78 is 1.78.